The average molecular weight is 414 g/mol. The van der Waals surface area contributed by atoms with Crippen LogP contribution in [0.4, 0.5) is 0 Å². The summed E-state index contributed by atoms with van der Waals surface area (Å²) in [5.74, 6) is 1.53. The molecule has 0 radical (unpaired) electrons. The molecule has 2 heterocycles. The Bertz CT molecular complexity index is 898. The Morgan fingerprint density at radius 3 is 2.59 bits per heavy atom. The topological polar surface area (TPSA) is 67.6 Å². The van der Waals surface area contributed by atoms with Gasteiger partial charge in [0.2, 0.25) is 5.91 Å². The molecule has 1 aromatic carbocycles. The number of amides is 1. The molecule has 3 aromatic rings. The van der Waals surface area contributed by atoms with E-state index >= 15 is 0 Å². The van der Waals surface area contributed by atoms with Gasteiger partial charge in [-0.3, -0.25) is 4.79 Å². The Morgan fingerprint density at radius 1 is 1.24 bits per heavy atom. The molecule has 1 atom stereocenters. The number of thiophene rings is 1. The highest BCUT2D eigenvalue weighted by molar-refractivity contribution is 7.07. The van der Waals surface area contributed by atoms with Gasteiger partial charge in [-0.25, -0.2) is 0 Å². The number of carbonyl (C=O) groups excluding carboxylic acids is 1. The summed E-state index contributed by atoms with van der Waals surface area (Å²) in [7, 11) is 4.05. The molecule has 1 unspecified atom stereocenters. The van der Waals surface area contributed by atoms with Gasteiger partial charge in [0.1, 0.15) is 18.1 Å². The Balaban J connectivity index is 1.49. The lowest BCUT2D eigenvalue weighted by Gasteiger charge is -2.24. The molecular formula is C22H27N3O3S. The molecule has 154 valence electrons. The third-order valence-corrected chi connectivity index (χ3v) is 5.60. The molecule has 0 aliphatic carbocycles. The van der Waals surface area contributed by atoms with E-state index in [4.69, 9.17) is 9.26 Å². The minimum Gasteiger partial charge on any atom is -0.489 e. The minimum atomic E-state index is 0.0106. The summed E-state index contributed by atoms with van der Waals surface area (Å²) in [6.45, 7) is 4.77. The standard InChI is InChI=1S/C22H27N3O3S/c1-15-20(16(2)28-24-15)13-27-19-7-5-17(6-8-19)11-22(26)23-12-21(25(3)4)18-9-10-29-14-18/h5-10,14,21H,11-13H2,1-4H3,(H,23,26). The zero-order chi connectivity index (χ0) is 20.8. The highest BCUT2D eigenvalue weighted by Crippen LogP contribution is 2.20. The fourth-order valence-corrected chi connectivity index (χ4v) is 3.80. The summed E-state index contributed by atoms with van der Waals surface area (Å²) in [5.41, 5.74) is 3.98. The summed E-state index contributed by atoms with van der Waals surface area (Å²) in [4.78, 5) is 14.5. The average Bonchev–Trinajstić information content (AvgIpc) is 3.32. The van der Waals surface area contributed by atoms with Gasteiger partial charge < -0.3 is 19.5 Å². The molecule has 0 bridgehead atoms. The van der Waals surface area contributed by atoms with Crippen LogP contribution in [0.5, 0.6) is 5.75 Å². The SMILES string of the molecule is Cc1noc(C)c1COc1ccc(CC(=O)NCC(c2ccsc2)N(C)C)cc1. The van der Waals surface area contributed by atoms with Crippen LogP contribution >= 0.6 is 11.3 Å². The number of nitrogens with one attached hydrogen (secondary N) is 1. The van der Waals surface area contributed by atoms with Crippen molar-refractivity contribution in [2.24, 2.45) is 0 Å². The van der Waals surface area contributed by atoms with E-state index in [1.54, 1.807) is 11.3 Å². The first kappa shape index (κ1) is 21.1. The first-order valence-electron chi connectivity index (χ1n) is 9.52. The van der Waals surface area contributed by atoms with Crippen LogP contribution in [0, 0.1) is 13.8 Å². The lowest BCUT2D eigenvalue weighted by atomic mass is 10.1. The third kappa shape index (κ3) is 5.68. The quantitative estimate of drug-likeness (QED) is 0.576. The fraction of sp³-hybridized carbons (Fsp3) is 0.364. The molecule has 0 spiro atoms. The number of benzene rings is 1. The van der Waals surface area contributed by atoms with E-state index in [-0.39, 0.29) is 11.9 Å². The number of aryl methyl sites for hydroxylation is 2. The van der Waals surface area contributed by atoms with E-state index in [1.165, 1.54) is 5.56 Å². The zero-order valence-electron chi connectivity index (χ0n) is 17.3. The molecule has 1 N–H and O–H groups in total. The number of ether oxygens (including phenoxy) is 1. The van der Waals surface area contributed by atoms with Crippen molar-refractivity contribution in [2.45, 2.75) is 32.9 Å². The van der Waals surface area contributed by atoms with E-state index in [0.29, 0.717) is 19.6 Å². The van der Waals surface area contributed by atoms with Crippen molar-refractivity contribution in [3.05, 3.63) is 69.2 Å². The maximum Gasteiger partial charge on any atom is 0.224 e. The molecule has 0 aliphatic heterocycles. The number of hydrogen-bond acceptors (Lipinski definition) is 6. The number of likely N-dealkylation sites (N-methyl/N-ethyl adjacent to an activating group) is 1. The molecule has 2 aromatic heterocycles. The first-order chi connectivity index (χ1) is 13.9. The van der Waals surface area contributed by atoms with E-state index in [9.17, 15) is 4.79 Å². The molecule has 0 aliphatic rings. The van der Waals surface area contributed by atoms with E-state index < -0.39 is 0 Å². The minimum absolute atomic E-state index is 0.0106. The Labute approximate surface area is 175 Å². The second-order valence-corrected chi connectivity index (χ2v) is 8.03. The number of rotatable bonds is 9. The molecule has 0 saturated heterocycles. The highest BCUT2D eigenvalue weighted by atomic mass is 32.1. The number of aromatic nitrogens is 1. The molecule has 7 heteroatoms. The lowest BCUT2D eigenvalue weighted by molar-refractivity contribution is -0.120. The summed E-state index contributed by atoms with van der Waals surface area (Å²) in [6, 6.07) is 9.88. The Kier molecular flexibility index (Phi) is 7.06. The molecular weight excluding hydrogens is 386 g/mol. The van der Waals surface area contributed by atoms with Gasteiger partial charge >= 0.3 is 0 Å². The van der Waals surface area contributed by atoms with Gasteiger partial charge in [0, 0.05) is 6.54 Å². The van der Waals surface area contributed by atoms with Crippen LogP contribution in [-0.2, 0) is 17.8 Å². The van der Waals surface area contributed by atoms with Crippen LogP contribution in [-0.4, -0.2) is 36.6 Å². The second-order valence-electron chi connectivity index (χ2n) is 7.25. The van der Waals surface area contributed by atoms with Gasteiger partial charge in [0.05, 0.1) is 23.7 Å². The maximum absolute atomic E-state index is 12.4. The molecule has 0 saturated carbocycles. The molecule has 29 heavy (non-hydrogen) atoms. The van der Waals surface area contributed by atoms with Gasteiger partial charge in [-0.05, 0) is 68.0 Å². The largest absolute Gasteiger partial charge is 0.489 e. The number of carbonyl (C=O) groups is 1. The van der Waals surface area contributed by atoms with Crippen molar-refractivity contribution in [3.63, 3.8) is 0 Å². The normalized spacial score (nSPS) is 12.2. The van der Waals surface area contributed by atoms with Crippen molar-refractivity contribution >= 4 is 17.2 Å². The van der Waals surface area contributed by atoms with Crippen LogP contribution < -0.4 is 10.1 Å². The summed E-state index contributed by atoms with van der Waals surface area (Å²) in [6.07, 6.45) is 0.341. The predicted octanol–water partition coefficient (Wildman–Crippen LogP) is 3.89. The summed E-state index contributed by atoms with van der Waals surface area (Å²) in [5, 5.41) is 11.2. The summed E-state index contributed by atoms with van der Waals surface area (Å²) < 4.78 is 11.0. The smallest absolute Gasteiger partial charge is 0.224 e. The lowest BCUT2D eigenvalue weighted by Crippen LogP contribution is -2.35. The van der Waals surface area contributed by atoms with E-state index in [0.717, 1.165) is 28.3 Å². The van der Waals surface area contributed by atoms with Gasteiger partial charge in [-0.15, -0.1) is 0 Å². The van der Waals surface area contributed by atoms with Gasteiger partial charge in [0.25, 0.3) is 0 Å². The molecule has 6 nitrogen and oxygen atoms in total. The maximum atomic E-state index is 12.4. The van der Waals surface area contributed by atoms with Crippen molar-refractivity contribution in [1.82, 2.24) is 15.4 Å². The Hall–Kier alpha value is -2.64. The van der Waals surface area contributed by atoms with E-state index in [2.05, 4.69) is 32.2 Å². The van der Waals surface area contributed by atoms with Crippen LogP contribution in [0.1, 0.15) is 34.2 Å². The highest BCUT2D eigenvalue weighted by Gasteiger charge is 2.16. The van der Waals surface area contributed by atoms with Crippen molar-refractivity contribution < 1.29 is 14.1 Å². The second kappa shape index (κ2) is 9.71. The molecule has 3 rings (SSSR count). The predicted molar refractivity (Wildman–Crippen MR) is 114 cm³/mol. The van der Waals surface area contributed by atoms with Crippen molar-refractivity contribution in [3.8, 4) is 5.75 Å². The van der Waals surface area contributed by atoms with Crippen LogP contribution in [0.15, 0.2) is 45.6 Å². The number of hydrogen-bond donors (Lipinski definition) is 1. The van der Waals surface area contributed by atoms with Gasteiger partial charge in [0.15, 0.2) is 0 Å². The van der Waals surface area contributed by atoms with Gasteiger partial charge in [-0.2, -0.15) is 11.3 Å². The van der Waals surface area contributed by atoms with Crippen LogP contribution in [0.3, 0.4) is 0 Å². The van der Waals surface area contributed by atoms with Crippen LogP contribution in [0.2, 0.25) is 0 Å². The monoisotopic (exact) mass is 413 g/mol. The Morgan fingerprint density at radius 2 is 2.00 bits per heavy atom. The van der Waals surface area contributed by atoms with Crippen molar-refractivity contribution in [2.75, 3.05) is 20.6 Å². The zero-order valence-corrected chi connectivity index (χ0v) is 18.1. The fourth-order valence-electron chi connectivity index (χ4n) is 3.09. The molecule has 0 fully saturated rings. The first-order valence-corrected chi connectivity index (χ1v) is 10.5. The number of nitrogens with zero attached hydrogens (tertiary/aromatic N) is 2. The van der Waals surface area contributed by atoms with Crippen LogP contribution in [0.25, 0.3) is 0 Å². The third-order valence-electron chi connectivity index (χ3n) is 4.90. The molecule has 1 amide bonds. The van der Waals surface area contributed by atoms with E-state index in [1.807, 2.05) is 52.2 Å². The van der Waals surface area contributed by atoms with Crippen molar-refractivity contribution in [1.29, 1.82) is 0 Å². The summed E-state index contributed by atoms with van der Waals surface area (Å²) >= 11 is 1.67. The van der Waals surface area contributed by atoms with Gasteiger partial charge in [-0.1, -0.05) is 17.3 Å².